The average Bonchev–Trinajstić information content (AvgIpc) is 2.54. The fourth-order valence-corrected chi connectivity index (χ4v) is 2.16. The molecule has 0 radical (unpaired) electrons. The van der Waals surface area contributed by atoms with E-state index in [0.717, 1.165) is 5.69 Å². The van der Waals surface area contributed by atoms with Crippen molar-refractivity contribution in [2.24, 2.45) is 0 Å². The average molecular weight is 334 g/mol. The van der Waals surface area contributed by atoms with Gasteiger partial charge in [0.15, 0.2) is 0 Å². The molecule has 0 aliphatic heterocycles. The van der Waals surface area contributed by atoms with Crippen molar-refractivity contribution < 1.29 is 14.3 Å². The van der Waals surface area contributed by atoms with E-state index < -0.39 is 0 Å². The van der Waals surface area contributed by atoms with Crippen molar-refractivity contribution in [3.8, 4) is 5.75 Å². The van der Waals surface area contributed by atoms with E-state index in [2.05, 4.69) is 15.6 Å². The van der Waals surface area contributed by atoms with Gasteiger partial charge >= 0.3 is 0 Å². The number of pyridine rings is 1. The number of amides is 2. The summed E-state index contributed by atoms with van der Waals surface area (Å²) < 4.78 is 5.21. The van der Waals surface area contributed by atoms with Crippen LogP contribution in [0.25, 0.3) is 0 Å². The van der Waals surface area contributed by atoms with Crippen molar-refractivity contribution in [3.05, 3.63) is 52.8 Å². The highest BCUT2D eigenvalue weighted by Crippen LogP contribution is 2.31. The molecule has 1 heterocycles. The van der Waals surface area contributed by atoms with Gasteiger partial charge in [-0.3, -0.25) is 14.6 Å². The summed E-state index contributed by atoms with van der Waals surface area (Å²) in [6, 6.07) is 8.42. The number of rotatable bonds is 5. The van der Waals surface area contributed by atoms with Crippen LogP contribution in [0.4, 0.5) is 5.69 Å². The molecule has 0 atom stereocenters. The van der Waals surface area contributed by atoms with Crippen molar-refractivity contribution in [2.75, 3.05) is 12.4 Å². The Balaban J connectivity index is 2.19. The maximum Gasteiger partial charge on any atom is 0.255 e. The van der Waals surface area contributed by atoms with Crippen LogP contribution in [-0.2, 0) is 11.3 Å². The monoisotopic (exact) mass is 333 g/mol. The summed E-state index contributed by atoms with van der Waals surface area (Å²) in [6.07, 6.45) is 1.65. The number of halogens is 1. The number of hydrogen-bond acceptors (Lipinski definition) is 4. The Labute approximate surface area is 138 Å². The number of aromatic nitrogens is 1. The maximum atomic E-state index is 12.3. The normalized spacial score (nSPS) is 10.0. The van der Waals surface area contributed by atoms with Crippen LogP contribution in [0, 0.1) is 0 Å². The van der Waals surface area contributed by atoms with Crippen LogP contribution >= 0.6 is 11.6 Å². The molecular formula is C16H16ClN3O3. The summed E-state index contributed by atoms with van der Waals surface area (Å²) >= 11 is 6.10. The highest BCUT2D eigenvalue weighted by Gasteiger charge is 2.16. The SMILES string of the molecule is COc1cc(NC(C)=O)c(Cl)cc1C(=O)NCc1ccccn1. The first kappa shape index (κ1) is 16.8. The molecule has 0 saturated carbocycles. The Morgan fingerprint density at radius 3 is 2.70 bits per heavy atom. The first-order chi connectivity index (χ1) is 11.0. The van der Waals surface area contributed by atoms with Crippen molar-refractivity contribution in [1.29, 1.82) is 0 Å². The number of carbonyl (C=O) groups excluding carboxylic acids is 2. The molecule has 0 unspecified atom stereocenters. The Morgan fingerprint density at radius 1 is 1.30 bits per heavy atom. The summed E-state index contributed by atoms with van der Waals surface area (Å²) in [5, 5.41) is 5.58. The number of ether oxygens (including phenoxy) is 1. The number of nitrogens with zero attached hydrogens (tertiary/aromatic N) is 1. The second-order valence-electron chi connectivity index (χ2n) is 4.72. The zero-order valence-electron chi connectivity index (χ0n) is 12.7. The van der Waals surface area contributed by atoms with Crippen LogP contribution in [0.2, 0.25) is 5.02 Å². The highest BCUT2D eigenvalue weighted by atomic mass is 35.5. The molecule has 0 bridgehead atoms. The minimum Gasteiger partial charge on any atom is -0.496 e. The molecule has 6 nitrogen and oxygen atoms in total. The van der Waals surface area contributed by atoms with Crippen LogP contribution in [-0.4, -0.2) is 23.9 Å². The van der Waals surface area contributed by atoms with Crippen LogP contribution in [0.15, 0.2) is 36.5 Å². The van der Waals surface area contributed by atoms with Gasteiger partial charge < -0.3 is 15.4 Å². The standard InChI is InChI=1S/C16H16ClN3O3/c1-10(21)20-14-8-15(23-2)12(7-13(14)17)16(22)19-9-11-5-3-4-6-18-11/h3-8H,9H2,1-2H3,(H,19,22)(H,20,21). The molecule has 2 amide bonds. The first-order valence-electron chi connectivity index (χ1n) is 6.84. The van der Waals surface area contributed by atoms with Crippen molar-refractivity contribution >= 4 is 29.1 Å². The van der Waals surface area contributed by atoms with E-state index in [4.69, 9.17) is 16.3 Å². The maximum absolute atomic E-state index is 12.3. The highest BCUT2D eigenvalue weighted by molar-refractivity contribution is 6.34. The van der Waals surface area contributed by atoms with Crippen LogP contribution in [0.3, 0.4) is 0 Å². The Hall–Kier alpha value is -2.60. The number of carbonyl (C=O) groups is 2. The third kappa shape index (κ3) is 4.43. The predicted octanol–water partition coefficient (Wildman–Crippen LogP) is 2.63. The molecule has 2 N–H and O–H groups in total. The van der Waals surface area contributed by atoms with Gasteiger partial charge in [0.1, 0.15) is 5.75 Å². The van der Waals surface area contributed by atoms with Crippen molar-refractivity contribution in [3.63, 3.8) is 0 Å². The zero-order valence-corrected chi connectivity index (χ0v) is 13.5. The molecule has 0 saturated heterocycles. The van der Waals surface area contributed by atoms with E-state index in [-0.39, 0.29) is 28.9 Å². The van der Waals surface area contributed by atoms with Crippen LogP contribution in [0.1, 0.15) is 23.0 Å². The minimum atomic E-state index is -0.344. The number of nitrogens with one attached hydrogen (secondary N) is 2. The lowest BCUT2D eigenvalue weighted by Gasteiger charge is -2.13. The van der Waals surface area contributed by atoms with E-state index in [1.807, 2.05) is 12.1 Å². The topological polar surface area (TPSA) is 80.3 Å². The van der Waals surface area contributed by atoms with Gasteiger partial charge in [0, 0.05) is 19.2 Å². The largest absolute Gasteiger partial charge is 0.496 e. The quantitative estimate of drug-likeness (QED) is 0.881. The molecule has 2 aromatic rings. The molecule has 0 aliphatic carbocycles. The second-order valence-corrected chi connectivity index (χ2v) is 5.12. The number of anilines is 1. The molecule has 2 rings (SSSR count). The van der Waals surface area contributed by atoms with Crippen LogP contribution in [0.5, 0.6) is 5.75 Å². The van der Waals surface area contributed by atoms with Crippen molar-refractivity contribution in [1.82, 2.24) is 10.3 Å². The van der Waals surface area contributed by atoms with Gasteiger partial charge in [-0.15, -0.1) is 0 Å². The first-order valence-corrected chi connectivity index (χ1v) is 7.22. The van der Waals surface area contributed by atoms with Gasteiger partial charge in [-0.25, -0.2) is 0 Å². The molecule has 0 fully saturated rings. The van der Waals surface area contributed by atoms with Crippen LogP contribution < -0.4 is 15.4 Å². The zero-order chi connectivity index (χ0) is 16.8. The molecular weight excluding hydrogens is 318 g/mol. The van der Waals surface area contributed by atoms with Crippen molar-refractivity contribution in [2.45, 2.75) is 13.5 Å². The molecule has 120 valence electrons. The van der Waals surface area contributed by atoms with Gasteiger partial charge in [0.2, 0.25) is 5.91 Å². The third-order valence-corrected chi connectivity index (χ3v) is 3.31. The lowest BCUT2D eigenvalue weighted by molar-refractivity contribution is -0.114. The molecule has 0 aliphatic rings. The second kappa shape index (κ2) is 7.60. The number of benzene rings is 1. The molecule has 7 heteroatoms. The third-order valence-electron chi connectivity index (χ3n) is 3.00. The van der Waals surface area contributed by atoms with E-state index in [1.165, 1.54) is 26.2 Å². The van der Waals surface area contributed by atoms with E-state index in [1.54, 1.807) is 12.3 Å². The minimum absolute atomic E-state index is 0.254. The summed E-state index contributed by atoms with van der Waals surface area (Å²) in [5.41, 5.74) is 1.40. The summed E-state index contributed by atoms with van der Waals surface area (Å²) in [6.45, 7) is 1.66. The van der Waals surface area contributed by atoms with Gasteiger partial charge in [0.25, 0.3) is 5.91 Å². The van der Waals surface area contributed by atoms with Gasteiger partial charge in [-0.1, -0.05) is 17.7 Å². The van der Waals surface area contributed by atoms with Gasteiger partial charge in [0.05, 0.1) is 35.6 Å². The Kier molecular flexibility index (Phi) is 5.54. The lowest BCUT2D eigenvalue weighted by Crippen LogP contribution is -2.24. The van der Waals surface area contributed by atoms with Gasteiger partial charge in [-0.05, 0) is 18.2 Å². The molecule has 1 aromatic heterocycles. The molecule has 1 aromatic carbocycles. The van der Waals surface area contributed by atoms with Gasteiger partial charge in [-0.2, -0.15) is 0 Å². The fourth-order valence-electron chi connectivity index (χ4n) is 1.95. The summed E-state index contributed by atoms with van der Waals surface area (Å²) in [4.78, 5) is 27.6. The fraction of sp³-hybridized carbons (Fsp3) is 0.188. The molecule has 23 heavy (non-hydrogen) atoms. The van der Waals surface area contributed by atoms with E-state index in [0.29, 0.717) is 11.4 Å². The Morgan fingerprint density at radius 2 is 2.09 bits per heavy atom. The summed E-state index contributed by atoms with van der Waals surface area (Å²) in [7, 11) is 1.44. The lowest BCUT2D eigenvalue weighted by atomic mass is 10.1. The Bertz CT molecular complexity index is 720. The van der Waals surface area contributed by atoms with E-state index in [9.17, 15) is 9.59 Å². The number of hydrogen-bond donors (Lipinski definition) is 2. The molecule has 0 spiro atoms. The number of methoxy groups -OCH3 is 1. The smallest absolute Gasteiger partial charge is 0.255 e. The predicted molar refractivity (Wildman–Crippen MR) is 87.7 cm³/mol. The van der Waals surface area contributed by atoms with E-state index >= 15 is 0 Å². The summed E-state index contributed by atoms with van der Waals surface area (Å²) in [5.74, 6) is -0.290.